The van der Waals surface area contributed by atoms with Gasteiger partial charge in [-0.1, -0.05) is 11.2 Å². The van der Waals surface area contributed by atoms with Gasteiger partial charge in [0.2, 0.25) is 5.89 Å². The van der Waals surface area contributed by atoms with E-state index in [-0.39, 0.29) is 0 Å². The van der Waals surface area contributed by atoms with Crippen LogP contribution in [0.2, 0.25) is 0 Å². The van der Waals surface area contributed by atoms with Crippen LogP contribution in [0.15, 0.2) is 23.4 Å². The molecule has 120 valence electrons. The van der Waals surface area contributed by atoms with Gasteiger partial charge in [-0.05, 0) is 14.0 Å². The van der Waals surface area contributed by atoms with Crippen molar-refractivity contribution < 1.29 is 9.26 Å². The second-order valence-electron chi connectivity index (χ2n) is 5.27. The summed E-state index contributed by atoms with van der Waals surface area (Å²) < 4.78 is 12.1. The molecule has 0 saturated carbocycles. The summed E-state index contributed by atoms with van der Waals surface area (Å²) in [6.45, 7) is 8.43. The molecule has 0 radical (unpaired) electrons. The van der Waals surface area contributed by atoms with Crippen LogP contribution in [-0.2, 0) is 30.8 Å². The van der Waals surface area contributed by atoms with Crippen molar-refractivity contribution in [3.05, 3.63) is 41.8 Å². The summed E-state index contributed by atoms with van der Waals surface area (Å²) >= 11 is 0. The number of ether oxygens (including phenoxy) is 1. The molecule has 0 atom stereocenters. The van der Waals surface area contributed by atoms with Crippen LogP contribution in [-0.4, -0.2) is 45.6 Å². The highest BCUT2D eigenvalue weighted by Gasteiger charge is 2.12. The predicted molar refractivity (Wildman–Crippen MR) is 82.2 cm³/mol. The van der Waals surface area contributed by atoms with Crippen LogP contribution >= 0.6 is 0 Å². The van der Waals surface area contributed by atoms with Crippen molar-refractivity contribution in [3.8, 4) is 0 Å². The van der Waals surface area contributed by atoms with Gasteiger partial charge < -0.3 is 9.26 Å². The van der Waals surface area contributed by atoms with Crippen molar-refractivity contribution in [2.24, 2.45) is 0 Å². The molecule has 0 amide bonds. The van der Waals surface area contributed by atoms with Crippen LogP contribution in [0.25, 0.3) is 0 Å². The molecule has 0 N–H and O–H groups in total. The van der Waals surface area contributed by atoms with Crippen molar-refractivity contribution in [1.82, 2.24) is 24.8 Å². The van der Waals surface area contributed by atoms with Gasteiger partial charge in [0.05, 0.1) is 25.4 Å². The molecule has 22 heavy (non-hydrogen) atoms. The van der Waals surface area contributed by atoms with Crippen molar-refractivity contribution in [3.63, 3.8) is 0 Å². The molecule has 0 aliphatic rings. The Morgan fingerprint density at radius 2 is 2.27 bits per heavy atom. The first-order valence-corrected chi connectivity index (χ1v) is 7.25. The maximum absolute atomic E-state index is 5.25. The summed E-state index contributed by atoms with van der Waals surface area (Å²) in [5.74, 6) is 1.30. The van der Waals surface area contributed by atoms with Gasteiger partial charge in [-0.15, -0.1) is 6.58 Å². The van der Waals surface area contributed by atoms with Crippen LogP contribution in [0.4, 0.5) is 0 Å². The fourth-order valence-electron chi connectivity index (χ4n) is 2.17. The summed E-state index contributed by atoms with van der Waals surface area (Å²) in [5.41, 5.74) is 2.21. The van der Waals surface area contributed by atoms with E-state index in [1.54, 1.807) is 7.11 Å². The largest absolute Gasteiger partial charge is 0.384 e. The van der Waals surface area contributed by atoms with Crippen LogP contribution in [0.3, 0.4) is 0 Å². The normalized spacial score (nSPS) is 11.3. The summed E-state index contributed by atoms with van der Waals surface area (Å²) in [6.07, 6.45) is 4.54. The number of aromatic nitrogens is 4. The first-order valence-electron chi connectivity index (χ1n) is 7.25. The Bertz CT molecular complexity index is 605. The monoisotopic (exact) mass is 305 g/mol. The first-order chi connectivity index (χ1) is 10.6. The van der Waals surface area contributed by atoms with Crippen molar-refractivity contribution in [2.75, 3.05) is 20.8 Å². The molecule has 0 aromatic carbocycles. The highest BCUT2D eigenvalue weighted by molar-refractivity contribution is 5.15. The molecule has 7 nitrogen and oxygen atoms in total. The maximum Gasteiger partial charge on any atom is 0.240 e. The molecule has 2 aromatic heterocycles. The molecule has 7 heteroatoms. The lowest BCUT2D eigenvalue weighted by atomic mass is 10.2. The Hall–Kier alpha value is -1.99. The lowest BCUT2D eigenvalue weighted by Crippen LogP contribution is -2.17. The van der Waals surface area contributed by atoms with E-state index in [4.69, 9.17) is 9.26 Å². The van der Waals surface area contributed by atoms with Crippen LogP contribution in [0, 0.1) is 6.92 Å². The topological polar surface area (TPSA) is 69.2 Å². The molecule has 0 unspecified atom stereocenters. The van der Waals surface area contributed by atoms with Crippen LogP contribution in [0.1, 0.15) is 23.0 Å². The number of rotatable bonds is 9. The summed E-state index contributed by atoms with van der Waals surface area (Å²) in [5, 5.41) is 8.39. The van der Waals surface area contributed by atoms with Gasteiger partial charge >= 0.3 is 0 Å². The molecular formula is C15H23N5O2. The predicted octanol–water partition coefficient (Wildman–Crippen LogP) is 1.58. The third-order valence-corrected chi connectivity index (χ3v) is 3.25. The molecule has 0 aliphatic carbocycles. The fraction of sp³-hybridized carbons (Fsp3) is 0.533. The number of hydrogen-bond donors (Lipinski definition) is 0. The number of nitrogens with zero attached hydrogens (tertiary/aromatic N) is 5. The zero-order valence-electron chi connectivity index (χ0n) is 13.4. The zero-order chi connectivity index (χ0) is 15.9. The second kappa shape index (κ2) is 7.86. The lowest BCUT2D eigenvalue weighted by Gasteiger charge is -2.13. The van der Waals surface area contributed by atoms with E-state index < -0.39 is 0 Å². The minimum atomic E-state index is 0.594. The van der Waals surface area contributed by atoms with E-state index in [9.17, 15) is 0 Å². The molecule has 2 aromatic rings. The summed E-state index contributed by atoms with van der Waals surface area (Å²) in [4.78, 5) is 6.47. The Kier molecular flexibility index (Phi) is 5.85. The average molecular weight is 305 g/mol. The van der Waals surface area contributed by atoms with E-state index in [1.165, 1.54) is 5.56 Å². The van der Waals surface area contributed by atoms with E-state index in [2.05, 4.69) is 26.7 Å². The maximum atomic E-state index is 5.25. The number of hydrogen-bond acceptors (Lipinski definition) is 6. The van der Waals surface area contributed by atoms with Crippen LogP contribution in [0.5, 0.6) is 0 Å². The fourth-order valence-corrected chi connectivity index (χ4v) is 2.17. The van der Waals surface area contributed by atoms with E-state index in [1.807, 2.05) is 30.9 Å². The highest BCUT2D eigenvalue weighted by atomic mass is 16.5. The number of methoxy groups -OCH3 is 1. The highest BCUT2D eigenvalue weighted by Crippen LogP contribution is 2.11. The third-order valence-electron chi connectivity index (χ3n) is 3.25. The number of allylic oxidation sites excluding steroid dienone is 1. The van der Waals surface area contributed by atoms with E-state index in [0.717, 1.165) is 18.8 Å². The Morgan fingerprint density at radius 1 is 1.45 bits per heavy atom. The molecule has 0 fully saturated rings. The summed E-state index contributed by atoms with van der Waals surface area (Å²) in [6, 6.07) is 0. The van der Waals surface area contributed by atoms with E-state index in [0.29, 0.717) is 31.3 Å². The van der Waals surface area contributed by atoms with Gasteiger partial charge in [0.15, 0.2) is 5.82 Å². The molecular weight excluding hydrogens is 282 g/mol. The average Bonchev–Trinajstić information content (AvgIpc) is 3.04. The molecule has 2 rings (SSSR count). The van der Waals surface area contributed by atoms with Crippen molar-refractivity contribution >= 4 is 0 Å². The van der Waals surface area contributed by atoms with Crippen molar-refractivity contribution in [2.45, 2.75) is 33.0 Å². The standard InChI is InChI=1S/C15H23N5O2/c1-5-7-20-10-13(12(2)17-20)9-19(3)11-15-16-14(18-22-15)6-8-21-4/h5,10H,1,6-9,11H2,2-4H3. The number of aryl methyl sites for hydroxylation is 1. The minimum Gasteiger partial charge on any atom is -0.384 e. The molecule has 0 saturated heterocycles. The van der Waals surface area contributed by atoms with Gasteiger partial charge in [-0.2, -0.15) is 10.1 Å². The molecule has 0 aliphatic heterocycles. The van der Waals surface area contributed by atoms with E-state index >= 15 is 0 Å². The van der Waals surface area contributed by atoms with Crippen LogP contribution < -0.4 is 0 Å². The van der Waals surface area contributed by atoms with Gasteiger partial charge in [0.25, 0.3) is 0 Å². The molecule has 0 spiro atoms. The van der Waals surface area contributed by atoms with Crippen molar-refractivity contribution in [1.29, 1.82) is 0 Å². The second-order valence-corrected chi connectivity index (χ2v) is 5.27. The molecule has 0 bridgehead atoms. The molecule has 2 heterocycles. The quantitative estimate of drug-likeness (QED) is 0.655. The van der Waals surface area contributed by atoms with Gasteiger partial charge in [0, 0.05) is 31.8 Å². The SMILES string of the molecule is C=CCn1cc(CN(C)Cc2nc(CCOC)no2)c(C)n1. The Labute approximate surface area is 130 Å². The third kappa shape index (κ3) is 4.51. The minimum absolute atomic E-state index is 0.594. The lowest BCUT2D eigenvalue weighted by molar-refractivity contribution is 0.199. The zero-order valence-corrected chi connectivity index (χ0v) is 13.4. The summed E-state index contributed by atoms with van der Waals surface area (Å²) in [7, 11) is 3.67. The Morgan fingerprint density at radius 3 is 3.00 bits per heavy atom. The smallest absolute Gasteiger partial charge is 0.240 e. The first kappa shape index (κ1) is 16.4. The van der Waals surface area contributed by atoms with Gasteiger partial charge in [0.1, 0.15) is 0 Å². The Balaban J connectivity index is 1.90. The van der Waals surface area contributed by atoms with Gasteiger partial charge in [-0.25, -0.2) is 0 Å². The van der Waals surface area contributed by atoms with Gasteiger partial charge in [-0.3, -0.25) is 9.58 Å².